The smallest absolute Gasteiger partial charge is 0.278 e. The highest BCUT2D eigenvalue weighted by atomic mass is 16.2. The SMILES string of the molecule is CC(C)(C)c1ccc2c(c1)C(=O)NC2=CC1=NC(=O)c2ccc(C(C)(C)C)cc21. The van der Waals surface area contributed by atoms with Crippen LogP contribution in [0.2, 0.25) is 0 Å². The maximum atomic E-state index is 12.6. The summed E-state index contributed by atoms with van der Waals surface area (Å²) in [6.45, 7) is 12.8. The van der Waals surface area contributed by atoms with E-state index in [0.717, 1.165) is 22.3 Å². The molecule has 0 unspecified atom stereocenters. The van der Waals surface area contributed by atoms with Crippen LogP contribution in [0.3, 0.4) is 0 Å². The molecule has 2 aliphatic rings. The summed E-state index contributed by atoms with van der Waals surface area (Å²) in [5.74, 6) is -0.356. The minimum Gasteiger partial charge on any atom is -0.321 e. The quantitative estimate of drug-likeness (QED) is 0.749. The van der Waals surface area contributed by atoms with Crippen molar-refractivity contribution in [3.8, 4) is 0 Å². The van der Waals surface area contributed by atoms with Crippen LogP contribution in [-0.2, 0) is 10.8 Å². The molecule has 29 heavy (non-hydrogen) atoms. The molecule has 0 fully saturated rings. The van der Waals surface area contributed by atoms with Gasteiger partial charge in [-0.25, -0.2) is 4.99 Å². The standard InChI is InChI=1S/C25H26N2O2/c1-24(2,3)14-8-10-17-18(11-14)21(27-22(17)28)13-20-16-9-7-15(25(4,5)6)12-19(16)23(29)26-20/h7-13H,1-6H3,(H,26,29). The molecule has 0 atom stereocenters. The first-order chi connectivity index (χ1) is 13.4. The van der Waals surface area contributed by atoms with E-state index in [9.17, 15) is 9.59 Å². The van der Waals surface area contributed by atoms with E-state index in [1.165, 1.54) is 0 Å². The van der Waals surface area contributed by atoms with Crippen molar-refractivity contribution in [1.29, 1.82) is 0 Å². The Bertz CT molecular complexity index is 1120. The number of allylic oxidation sites excluding steroid dienone is 1. The zero-order valence-corrected chi connectivity index (χ0v) is 17.8. The summed E-state index contributed by atoms with van der Waals surface area (Å²) in [5, 5.41) is 2.95. The van der Waals surface area contributed by atoms with Crippen LogP contribution in [0.25, 0.3) is 5.70 Å². The summed E-state index contributed by atoms with van der Waals surface area (Å²) in [6, 6.07) is 11.9. The van der Waals surface area contributed by atoms with Gasteiger partial charge in [0.15, 0.2) is 0 Å². The van der Waals surface area contributed by atoms with Gasteiger partial charge in [0.2, 0.25) is 0 Å². The van der Waals surface area contributed by atoms with Crippen molar-refractivity contribution in [3.63, 3.8) is 0 Å². The van der Waals surface area contributed by atoms with E-state index in [1.54, 1.807) is 0 Å². The molecule has 4 nitrogen and oxygen atoms in total. The molecular formula is C25H26N2O2. The first-order valence-corrected chi connectivity index (χ1v) is 9.91. The Morgan fingerprint density at radius 1 is 0.759 bits per heavy atom. The summed E-state index contributed by atoms with van der Waals surface area (Å²) < 4.78 is 0. The molecule has 4 heteroatoms. The Morgan fingerprint density at radius 2 is 1.31 bits per heavy atom. The van der Waals surface area contributed by atoms with Gasteiger partial charge in [0.25, 0.3) is 11.8 Å². The number of benzene rings is 2. The zero-order chi connectivity index (χ0) is 21.1. The molecule has 2 heterocycles. The van der Waals surface area contributed by atoms with Gasteiger partial charge in [0.05, 0.1) is 17.0 Å². The maximum absolute atomic E-state index is 12.6. The number of nitrogens with zero attached hydrogens (tertiary/aromatic N) is 1. The highest BCUT2D eigenvalue weighted by molar-refractivity contribution is 6.28. The van der Waals surface area contributed by atoms with Crippen molar-refractivity contribution >= 4 is 23.2 Å². The van der Waals surface area contributed by atoms with E-state index in [-0.39, 0.29) is 22.6 Å². The van der Waals surface area contributed by atoms with Crippen LogP contribution in [0.4, 0.5) is 0 Å². The van der Waals surface area contributed by atoms with E-state index in [0.29, 0.717) is 22.5 Å². The lowest BCUT2D eigenvalue weighted by molar-refractivity contribution is 0.0978. The minimum absolute atomic E-state index is 0.0313. The first-order valence-electron chi connectivity index (χ1n) is 9.91. The Morgan fingerprint density at radius 3 is 1.90 bits per heavy atom. The number of hydrogen-bond acceptors (Lipinski definition) is 2. The number of rotatable bonds is 1. The van der Waals surface area contributed by atoms with Gasteiger partial charge in [-0.15, -0.1) is 0 Å². The average molecular weight is 386 g/mol. The van der Waals surface area contributed by atoms with Gasteiger partial charge in [-0.2, -0.15) is 0 Å². The van der Waals surface area contributed by atoms with Crippen molar-refractivity contribution in [2.24, 2.45) is 4.99 Å². The topological polar surface area (TPSA) is 58.5 Å². The molecule has 0 aromatic heterocycles. The van der Waals surface area contributed by atoms with Crippen molar-refractivity contribution in [2.75, 3.05) is 0 Å². The van der Waals surface area contributed by atoms with E-state index in [1.807, 2.05) is 36.4 Å². The largest absolute Gasteiger partial charge is 0.321 e. The summed E-state index contributed by atoms with van der Waals surface area (Å²) in [6.07, 6.45) is 1.82. The van der Waals surface area contributed by atoms with E-state index in [4.69, 9.17) is 0 Å². The molecular weight excluding hydrogens is 360 g/mol. The molecule has 2 aromatic carbocycles. The van der Waals surface area contributed by atoms with Gasteiger partial charge in [-0.3, -0.25) is 9.59 Å². The predicted octanol–water partition coefficient (Wildman–Crippen LogP) is 5.01. The summed E-state index contributed by atoms with van der Waals surface area (Å²) in [7, 11) is 0. The van der Waals surface area contributed by atoms with Crippen LogP contribution in [0.1, 0.15) is 84.5 Å². The summed E-state index contributed by atoms with van der Waals surface area (Å²) in [5.41, 5.74) is 6.41. The normalized spacial score (nSPS) is 17.3. The number of aliphatic imine (C=N–C) groups is 1. The fourth-order valence-electron chi connectivity index (χ4n) is 3.69. The molecule has 1 N–H and O–H groups in total. The minimum atomic E-state index is -0.236. The van der Waals surface area contributed by atoms with E-state index < -0.39 is 0 Å². The second-order valence-electron chi connectivity index (χ2n) is 9.84. The Kier molecular flexibility index (Phi) is 4.16. The van der Waals surface area contributed by atoms with Crippen LogP contribution in [0.15, 0.2) is 47.5 Å². The second kappa shape index (κ2) is 6.24. The van der Waals surface area contributed by atoms with Gasteiger partial charge in [0, 0.05) is 16.7 Å². The van der Waals surface area contributed by atoms with Crippen molar-refractivity contribution in [3.05, 3.63) is 75.9 Å². The monoisotopic (exact) mass is 386 g/mol. The lowest BCUT2D eigenvalue weighted by Gasteiger charge is -2.20. The third kappa shape index (κ3) is 3.33. The second-order valence-corrected chi connectivity index (χ2v) is 9.84. The lowest BCUT2D eigenvalue weighted by Crippen LogP contribution is -2.15. The van der Waals surface area contributed by atoms with E-state index >= 15 is 0 Å². The zero-order valence-electron chi connectivity index (χ0n) is 17.8. The van der Waals surface area contributed by atoms with Crippen molar-refractivity contribution < 1.29 is 9.59 Å². The summed E-state index contributed by atoms with van der Waals surface area (Å²) >= 11 is 0. The lowest BCUT2D eigenvalue weighted by atomic mass is 9.84. The molecule has 0 saturated heterocycles. The molecule has 2 aliphatic heterocycles. The number of fused-ring (bicyclic) bond motifs is 2. The molecule has 0 radical (unpaired) electrons. The van der Waals surface area contributed by atoms with Gasteiger partial charge < -0.3 is 5.32 Å². The van der Waals surface area contributed by atoms with Gasteiger partial charge in [-0.05, 0) is 46.2 Å². The average Bonchev–Trinajstić information content (AvgIpc) is 3.11. The maximum Gasteiger partial charge on any atom is 0.278 e. The molecule has 2 aromatic rings. The van der Waals surface area contributed by atoms with Gasteiger partial charge >= 0.3 is 0 Å². The third-order valence-corrected chi connectivity index (χ3v) is 5.56. The van der Waals surface area contributed by atoms with Gasteiger partial charge in [0.1, 0.15) is 0 Å². The van der Waals surface area contributed by atoms with Crippen LogP contribution in [-0.4, -0.2) is 17.5 Å². The Hall–Kier alpha value is -3.01. The fraction of sp³-hybridized carbons (Fsp3) is 0.320. The van der Waals surface area contributed by atoms with E-state index in [2.05, 4.69) is 57.9 Å². The van der Waals surface area contributed by atoms with Crippen LogP contribution >= 0.6 is 0 Å². The molecule has 0 aliphatic carbocycles. The number of nitrogens with one attached hydrogen (secondary N) is 1. The first kappa shape index (κ1) is 19.3. The van der Waals surface area contributed by atoms with Crippen LogP contribution < -0.4 is 5.32 Å². The molecule has 2 amide bonds. The number of amides is 2. The number of carbonyl (C=O) groups excluding carboxylic acids is 2. The number of hydrogen-bond donors (Lipinski definition) is 1. The highest BCUT2D eigenvalue weighted by Crippen LogP contribution is 2.32. The van der Waals surface area contributed by atoms with Gasteiger partial charge in [-0.1, -0.05) is 59.7 Å². The third-order valence-electron chi connectivity index (χ3n) is 5.56. The molecule has 0 spiro atoms. The highest BCUT2D eigenvalue weighted by Gasteiger charge is 2.29. The Balaban J connectivity index is 1.78. The molecule has 0 bridgehead atoms. The van der Waals surface area contributed by atoms with Crippen molar-refractivity contribution in [2.45, 2.75) is 52.4 Å². The number of carbonyl (C=O) groups is 2. The predicted molar refractivity (Wildman–Crippen MR) is 117 cm³/mol. The van der Waals surface area contributed by atoms with Crippen molar-refractivity contribution in [1.82, 2.24) is 5.32 Å². The fourth-order valence-corrected chi connectivity index (χ4v) is 3.69. The summed E-state index contributed by atoms with van der Waals surface area (Å²) in [4.78, 5) is 29.2. The molecule has 0 saturated carbocycles. The van der Waals surface area contributed by atoms with Crippen LogP contribution in [0, 0.1) is 0 Å². The Labute approximate surface area is 171 Å². The molecule has 148 valence electrons. The molecule has 4 rings (SSSR count). The van der Waals surface area contributed by atoms with Crippen LogP contribution in [0.5, 0.6) is 0 Å².